The minimum atomic E-state index is 0.829. The molecule has 2 N–H and O–H groups in total. The van der Waals surface area contributed by atoms with Crippen molar-refractivity contribution in [1.82, 2.24) is 4.98 Å². The second-order valence-corrected chi connectivity index (χ2v) is 4.86. The highest BCUT2D eigenvalue weighted by Crippen LogP contribution is 2.27. The maximum Gasteiger partial charge on any atom is 0.0447 e. The normalized spacial score (nSPS) is 14.4. The first kappa shape index (κ1) is 11.1. The first-order valence-corrected chi connectivity index (χ1v) is 6.27. The summed E-state index contributed by atoms with van der Waals surface area (Å²) in [6.07, 6.45) is 4.94. The zero-order valence-electron chi connectivity index (χ0n) is 10.6. The number of hydrogen-bond donors (Lipinski definition) is 1. The average molecular weight is 239 g/mol. The molecular weight excluding hydrogens is 222 g/mol. The Labute approximate surface area is 107 Å². The number of hydrogen-bond acceptors (Lipinski definition) is 3. The molecule has 2 aromatic rings. The third-order valence-corrected chi connectivity index (χ3v) is 3.58. The summed E-state index contributed by atoms with van der Waals surface area (Å²) in [5.74, 6) is 0. The van der Waals surface area contributed by atoms with Gasteiger partial charge in [0.25, 0.3) is 0 Å². The zero-order chi connectivity index (χ0) is 12.5. The summed E-state index contributed by atoms with van der Waals surface area (Å²) in [6, 6.07) is 8.25. The number of fused-ring (bicyclic) bond motifs is 1. The highest BCUT2D eigenvalue weighted by Gasteiger charge is 2.17. The van der Waals surface area contributed by atoms with Gasteiger partial charge in [0.2, 0.25) is 0 Å². The highest BCUT2D eigenvalue weighted by molar-refractivity contribution is 5.60. The van der Waals surface area contributed by atoms with E-state index in [9.17, 15) is 0 Å². The maximum atomic E-state index is 5.81. The first-order valence-electron chi connectivity index (χ1n) is 6.27. The van der Waals surface area contributed by atoms with Crippen molar-refractivity contribution in [3.8, 4) is 0 Å². The lowest BCUT2D eigenvalue weighted by atomic mass is 10.0. The summed E-state index contributed by atoms with van der Waals surface area (Å²) in [5.41, 5.74) is 11.9. The fourth-order valence-corrected chi connectivity index (χ4v) is 2.62. The molecule has 3 rings (SSSR count). The van der Waals surface area contributed by atoms with Crippen molar-refractivity contribution in [1.29, 1.82) is 0 Å². The van der Waals surface area contributed by atoms with Crippen LogP contribution in [-0.4, -0.2) is 11.5 Å². The summed E-state index contributed by atoms with van der Waals surface area (Å²) in [4.78, 5) is 6.62. The number of anilines is 2. The van der Waals surface area contributed by atoms with E-state index in [0.717, 1.165) is 25.2 Å². The number of aromatic nitrogens is 1. The Bertz CT molecular complexity index is 578. The van der Waals surface area contributed by atoms with E-state index < -0.39 is 0 Å². The van der Waals surface area contributed by atoms with Crippen LogP contribution in [0.3, 0.4) is 0 Å². The van der Waals surface area contributed by atoms with Crippen molar-refractivity contribution in [2.75, 3.05) is 17.2 Å². The van der Waals surface area contributed by atoms with Gasteiger partial charge in [0.05, 0.1) is 0 Å². The van der Waals surface area contributed by atoms with Gasteiger partial charge in [-0.15, -0.1) is 0 Å². The van der Waals surface area contributed by atoms with Crippen molar-refractivity contribution in [3.63, 3.8) is 0 Å². The van der Waals surface area contributed by atoms with Crippen molar-refractivity contribution >= 4 is 11.4 Å². The third kappa shape index (κ3) is 1.92. The predicted octanol–water partition coefficient (Wildman–Crippen LogP) is 2.53. The summed E-state index contributed by atoms with van der Waals surface area (Å²) < 4.78 is 0. The monoisotopic (exact) mass is 239 g/mol. The van der Waals surface area contributed by atoms with Crippen LogP contribution in [0.4, 0.5) is 11.4 Å². The van der Waals surface area contributed by atoms with Crippen LogP contribution in [0.1, 0.15) is 16.7 Å². The van der Waals surface area contributed by atoms with E-state index >= 15 is 0 Å². The van der Waals surface area contributed by atoms with Crippen LogP contribution in [0.25, 0.3) is 0 Å². The molecular formula is C15H17N3. The summed E-state index contributed by atoms with van der Waals surface area (Å²) in [6.45, 7) is 4.11. The minimum Gasteiger partial charge on any atom is -0.399 e. The molecule has 0 aliphatic carbocycles. The van der Waals surface area contributed by atoms with E-state index in [1.807, 2.05) is 24.5 Å². The van der Waals surface area contributed by atoms with E-state index in [-0.39, 0.29) is 0 Å². The Hall–Kier alpha value is -2.03. The zero-order valence-corrected chi connectivity index (χ0v) is 10.6. The number of aryl methyl sites for hydroxylation is 1. The molecule has 3 nitrogen and oxygen atoms in total. The molecule has 0 atom stereocenters. The maximum absolute atomic E-state index is 5.81. The highest BCUT2D eigenvalue weighted by atomic mass is 15.1. The first-order chi connectivity index (χ1) is 8.74. The van der Waals surface area contributed by atoms with E-state index in [2.05, 4.69) is 28.9 Å². The molecule has 1 aliphatic heterocycles. The van der Waals surface area contributed by atoms with Gasteiger partial charge in [0.15, 0.2) is 0 Å². The Morgan fingerprint density at radius 1 is 1.22 bits per heavy atom. The number of nitrogens with two attached hydrogens (primary N) is 1. The molecule has 0 saturated carbocycles. The molecule has 0 unspecified atom stereocenters. The number of pyridine rings is 1. The van der Waals surface area contributed by atoms with Crippen molar-refractivity contribution < 1.29 is 0 Å². The molecule has 0 saturated heterocycles. The van der Waals surface area contributed by atoms with Gasteiger partial charge in [-0.3, -0.25) is 4.98 Å². The lowest BCUT2D eigenvalue weighted by molar-refractivity contribution is 0.725. The number of nitrogen functional groups attached to an aromatic ring is 1. The fraction of sp³-hybridized carbons (Fsp3) is 0.267. The predicted molar refractivity (Wildman–Crippen MR) is 74.6 cm³/mol. The number of benzene rings is 1. The second-order valence-electron chi connectivity index (χ2n) is 4.86. The lowest BCUT2D eigenvalue weighted by Gasteiger charge is -2.31. The second kappa shape index (κ2) is 4.33. The third-order valence-electron chi connectivity index (χ3n) is 3.58. The summed E-state index contributed by atoms with van der Waals surface area (Å²) >= 11 is 0. The van der Waals surface area contributed by atoms with Crippen molar-refractivity contribution in [2.45, 2.75) is 19.9 Å². The molecule has 0 radical (unpaired) electrons. The molecule has 1 aromatic carbocycles. The van der Waals surface area contributed by atoms with Gasteiger partial charge in [-0.1, -0.05) is 0 Å². The van der Waals surface area contributed by atoms with Crippen LogP contribution in [0, 0.1) is 6.92 Å². The smallest absolute Gasteiger partial charge is 0.0447 e. The van der Waals surface area contributed by atoms with Gasteiger partial charge in [-0.25, -0.2) is 0 Å². The van der Waals surface area contributed by atoms with Crippen LogP contribution in [0.2, 0.25) is 0 Å². The van der Waals surface area contributed by atoms with Crippen LogP contribution >= 0.6 is 0 Å². The molecule has 1 aromatic heterocycles. The van der Waals surface area contributed by atoms with Crippen molar-refractivity contribution in [2.24, 2.45) is 0 Å². The Balaban J connectivity index is 1.92. The molecule has 92 valence electrons. The number of nitrogens with zero attached hydrogens (tertiary/aromatic N) is 2. The van der Waals surface area contributed by atoms with E-state index in [1.54, 1.807) is 0 Å². The lowest BCUT2D eigenvalue weighted by Crippen LogP contribution is -2.30. The van der Waals surface area contributed by atoms with Crippen LogP contribution in [0.15, 0.2) is 36.7 Å². The summed E-state index contributed by atoms with van der Waals surface area (Å²) in [7, 11) is 0. The van der Waals surface area contributed by atoms with Crippen LogP contribution < -0.4 is 10.6 Å². The fourth-order valence-electron chi connectivity index (χ4n) is 2.62. The largest absolute Gasteiger partial charge is 0.399 e. The van der Waals surface area contributed by atoms with E-state index in [1.165, 1.54) is 22.4 Å². The van der Waals surface area contributed by atoms with Gasteiger partial charge >= 0.3 is 0 Å². The minimum absolute atomic E-state index is 0.829. The van der Waals surface area contributed by atoms with Gasteiger partial charge < -0.3 is 10.6 Å². The van der Waals surface area contributed by atoms with E-state index in [0.29, 0.717) is 0 Å². The molecule has 0 amide bonds. The Kier molecular flexibility index (Phi) is 2.67. The van der Waals surface area contributed by atoms with Gasteiger partial charge in [0, 0.05) is 36.9 Å². The Morgan fingerprint density at radius 3 is 2.94 bits per heavy atom. The van der Waals surface area contributed by atoms with Gasteiger partial charge in [-0.2, -0.15) is 0 Å². The molecule has 3 heteroatoms. The molecule has 0 bridgehead atoms. The molecule has 1 aliphatic rings. The molecule has 18 heavy (non-hydrogen) atoms. The molecule has 0 spiro atoms. The Morgan fingerprint density at radius 2 is 2.11 bits per heavy atom. The van der Waals surface area contributed by atoms with Gasteiger partial charge in [0.1, 0.15) is 0 Å². The molecule has 0 fully saturated rings. The average Bonchev–Trinajstić information content (AvgIpc) is 2.38. The standard InChI is InChI=1S/C15H17N3/c1-11-8-14(16)2-3-15(11)18-7-5-12-4-6-17-9-13(12)10-18/h2-4,6,8-9H,5,7,10,16H2,1H3. The van der Waals surface area contributed by atoms with E-state index in [4.69, 9.17) is 5.73 Å². The van der Waals surface area contributed by atoms with Gasteiger partial charge in [-0.05, 0) is 54.3 Å². The molecule has 2 heterocycles. The quantitative estimate of drug-likeness (QED) is 0.778. The van der Waals surface area contributed by atoms with Crippen LogP contribution in [0.5, 0.6) is 0 Å². The van der Waals surface area contributed by atoms with Crippen LogP contribution in [-0.2, 0) is 13.0 Å². The topological polar surface area (TPSA) is 42.1 Å². The SMILES string of the molecule is Cc1cc(N)ccc1N1CCc2ccncc2C1. The van der Waals surface area contributed by atoms with Crippen molar-refractivity contribution in [3.05, 3.63) is 53.3 Å². The number of rotatable bonds is 1. The summed E-state index contributed by atoms with van der Waals surface area (Å²) in [5, 5.41) is 0.